The summed E-state index contributed by atoms with van der Waals surface area (Å²) in [5.41, 5.74) is 10.4. The first kappa shape index (κ1) is 15.5. The van der Waals surface area contributed by atoms with E-state index >= 15 is 0 Å². The smallest absolute Gasteiger partial charge is 0.101 e. The van der Waals surface area contributed by atoms with Crippen LogP contribution in [0.4, 0.5) is 5.69 Å². The molecule has 4 aromatic rings. The molecule has 2 nitrogen and oxygen atoms in total. The molecule has 1 unspecified atom stereocenters. The highest BCUT2D eigenvalue weighted by molar-refractivity contribution is 6.02. The van der Waals surface area contributed by atoms with Crippen LogP contribution in [0.15, 0.2) is 97.2 Å². The summed E-state index contributed by atoms with van der Waals surface area (Å²) in [5, 5.41) is 0. The van der Waals surface area contributed by atoms with Crippen LogP contribution >= 0.6 is 0 Å². The second-order valence-electron chi connectivity index (χ2n) is 7.49. The molecular weight excluding hydrogens is 340 g/mol. The summed E-state index contributed by atoms with van der Waals surface area (Å²) in [5.74, 6) is 0. The van der Waals surface area contributed by atoms with Crippen molar-refractivity contribution in [3.05, 3.63) is 120 Å². The quantitative estimate of drug-likeness (QED) is 0.387. The molecule has 0 saturated heterocycles. The lowest BCUT2D eigenvalue weighted by Gasteiger charge is -2.45. The Morgan fingerprint density at radius 1 is 0.679 bits per heavy atom. The van der Waals surface area contributed by atoms with Gasteiger partial charge in [0.15, 0.2) is 0 Å². The molecule has 0 saturated carbocycles. The summed E-state index contributed by atoms with van der Waals surface area (Å²) < 4.78 is 2.34. The number of rotatable bonds is 1. The summed E-state index contributed by atoms with van der Waals surface area (Å²) in [6, 6.07) is 32.9. The van der Waals surface area contributed by atoms with Crippen molar-refractivity contribution in [1.29, 1.82) is 0 Å². The Kier molecular flexibility index (Phi) is 3.18. The zero-order chi connectivity index (χ0) is 18.7. The van der Waals surface area contributed by atoms with Gasteiger partial charge in [0.2, 0.25) is 0 Å². The Hall–Kier alpha value is -3.52. The highest BCUT2D eigenvalue weighted by Crippen LogP contribution is 2.52. The van der Waals surface area contributed by atoms with Crippen molar-refractivity contribution in [1.82, 2.24) is 4.57 Å². The van der Waals surface area contributed by atoms with Crippen molar-refractivity contribution >= 4 is 17.0 Å². The molecule has 0 fully saturated rings. The van der Waals surface area contributed by atoms with Gasteiger partial charge in [-0.25, -0.2) is 0 Å². The van der Waals surface area contributed by atoms with Gasteiger partial charge in [0.05, 0.1) is 22.8 Å². The summed E-state index contributed by atoms with van der Waals surface area (Å²) in [6.45, 7) is 2.26. The van der Waals surface area contributed by atoms with E-state index < -0.39 is 0 Å². The van der Waals surface area contributed by atoms with Gasteiger partial charge in [-0.05, 0) is 53.5 Å². The van der Waals surface area contributed by atoms with Crippen molar-refractivity contribution in [2.45, 2.75) is 13.0 Å². The van der Waals surface area contributed by atoms with Crippen molar-refractivity contribution < 1.29 is 0 Å². The number of anilines is 1. The highest BCUT2D eigenvalue weighted by atomic mass is 15.3. The second kappa shape index (κ2) is 5.74. The largest absolute Gasteiger partial charge is 0.326 e. The molecule has 3 heterocycles. The van der Waals surface area contributed by atoms with Gasteiger partial charge in [0.1, 0.15) is 6.04 Å². The second-order valence-corrected chi connectivity index (χ2v) is 7.49. The molecule has 0 radical (unpaired) electrons. The normalized spacial score (nSPS) is 16.9. The number of nitrogens with zero attached hydrogens (tertiary/aromatic N) is 2. The highest BCUT2D eigenvalue weighted by Gasteiger charge is 2.39. The van der Waals surface area contributed by atoms with E-state index in [-0.39, 0.29) is 6.04 Å². The number of hydrogen-bond donors (Lipinski definition) is 0. The van der Waals surface area contributed by atoms with Gasteiger partial charge in [-0.3, -0.25) is 0 Å². The monoisotopic (exact) mass is 360 g/mol. The SMILES string of the molecule is CC1=C(c2ccccc2)N2c3ccccc3-n3cccc3C2c2ccccc21. The standard InChI is InChI=1S/C26H20N2/c1-18-20-12-5-6-13-21(20)26-24-16-9-17-27(24)22-14-7-8-15-23(22)28(26)25(18)19-10-3-2-4-11-19/h2-17,26H,1H3. The van der Waals surface area contributed by atoms with Gasteiger partial charge in [0, 0.05) is 6.20 Å². The number of fused-ring (bicyclic) bond motifs is 8. The summed E-state index contributed by atoms with van der Waals surface area (Å²) in [4.78, 5) is 2.54. The van der Waals surface area contributed by atoms with E-state index in [1.807, 2.05) is 0 Å². The van der Waals surface area contributed by atoms with Crippen LogP contribution in [0.3, 0.4) is 0 Å². The van der Waals surface area contributed by atoms with E-state index in [1.54, 1.807) is 0 Å². The van der Waals surface area contributed by atoms with Gasteiger partial charge >= 0.3 is 0 Å². The van der Waals surface area contributed by atoms with E-state index in [0.717, 1.165) is 0 Å². The van der Waals surface area contributed by atoms with Gasteiger partial charge in [-0.1, -0.05) is 66.7 Å². The fourth-order valence-corrected chi connectivity index (χ4v) is 4.86. The van der Waals surface area contributed by atoms with Gasteiger partial charge in [0.25, 0.3) is 0 Å². The summed E-state index contributed by atoms with van der Waals surface area (Å²) in [6.07, 6.45) is 2.18. The first-order valence-electron chi connectivity index (χ1n) is 9.76. The number of para-hydroxylation sites is 2. The lowest BCUT2D eigenvalue weighted by Crippen LogP contribution is -2.37. The fourth-order valence-electron chi connectivity index (χ4n) is 4.86. The average Bonchev–Trinajstić information content (AvgIpc) is 3.25. The topological polar surface area (TPSA) is 8.17 Å². The molecule has 2 heteroatoms. The third kappa shape index (κ3) is 1.97. The van der Waals surface area contributed by atoms with Gasteiger partial charge in [-0.2, -0.15) is 0 Å². The Morgan fingerprint density at radius 3 is 2.25 bits per heavy atom. The fraction of sp³-hybridized carbons (Fsp3) is 0.0769. The molecular formula is C26H20N2. The molecule has 0 bridgehead atoms. The maximum absolute atomic E-state index is 2.54. The minimum atomic E-state index is 0.167. The Morgan fingerprint density at radius 2 is 1.39 bits per heavy atom. The molecule has 2 aliphatic heterocycles. The molecule has 28 heavy (non-hydrogen) atoms. The number of hydrogen-bond acceptors (Lipinski definition) is 1. The molecule has 6 rings (SSSR count). The van der Waals surface area contributed by atoms with Crippen LogP contribution in [-0.4, -0.2) is 4.57 Å². The summed E-state index contributed by atoms with van der Waals surface area (Å²) in [7, 11) is 0. The molecule has 1 atom stereocenters. The number of allylic oxidation sites excluding steroid dienone is 1. The van der Waals surface area contributed by atoms with E-state index in [4.69, 9.17) is 0 Å². The van der Waals surface area contributed by atoms with Crippen molar-refractivity contribution in [2.24, 2.45) is 0 Å². The third-order valence-electron chi connectivity index (χ3n) is 6.02. The van der Waals surface area contributed by atoms with Crippen LogP contribution < -0.4 is 4.90 Å². The molecule has 134 valence electrons. The first-order chi connectivity index (χ1) is 13.8. The predicted octanol–water partition coefficient (Wildman–Crippen LogP) is 6.29. The molecule has 3 aromatic carbocycles. The van der Waals surface area contributed by atoms with Crippen LogP contribution in [0, 0.1) is 0 Å². The maximum atomic E-state index is 2.54. The molecule has 0 N–H and O–H groups in total. The first-order valence-corrected chi connectivity index (χ1v) is 9.76. The summed E-state index contributed by atoms with van der Waals surface area (Å²) >= 11 is 0. The average molecular weight is 360 g/mol. The van der Waals surface area contributed by atoms with Crippen molar-refractivity contribution in [2.75, 3.05) is 4.90 Å². The molecule has 0 aliphatic carbocycles. The van der Waals surface area contributed by atoms with E-state index in [9.17, 15) is 0 Å². The lowest BCUT2D eigenvalue weighted by atomic mass is 9.84. The van der Waals surface area contributed by atoms with Gasteiger partial charge in [-0.15, -0.1) is 0 Å². The minimum absolute atomic E-state index is 0.167. The Balaban J connectivity index is 1.74. The van der Waals surface area contributed by atoms with Crippen molar-refractivity contribution in [3.8, 4) is 5.69 Å². The molecule has 0 spiro atoms. The minimum Gasteiger partial charge on any atom is -0.326 e. The molecule has 0 amide bonds. The van der Waals surface area contributed by atoms with E-state index in [1.165, 1.54) is 45.0 Å². The van der Waals surface area contributed by atoms with Crippen LogP contribution in [0.25, 0.3) is 17.0 Å². The number of aromatic nitrogens is 1. The van der Waals surface area contributed by atoms with Gasteiger partial charge < -0.3 is 9.47 Å². The van der Waals surface area contributed by atoms with Crippen LogP contribution in [0.5, 0.6) is 0 Å². The van der Waals surface area contributed by atoms with Crippen molar-refractivity contribution in [3.63, 3.8) is 0 Å². The third-order valence-corrected chi connectivity index (χ3v) is 6.02. The Bertz CT molecular complexity index is 1230. The zero-order valence-electron chi connectivity index (χ0n) is 15.7. The zero-order valence-corrected chi connectivity index (χ0v) is 15.7. The molecule has 1 aromatic heterocycles. The molecule has 2 aliphatic rings. The Labute approximate surface area is 165 Å². The maximum Gasteiger partial charge on any atom is 0.101 e. The predicted molar refractivity (Wildman–Crippen MR) is 115 cm³/mol. The van der Waals surface area contributed by atoms with E-state index in [0.29, 0.717) is 0 Å². The van der Waals surface area contributed by atoms with E-state index in [2.05, 4.69) is 114 Å². The van der Waals surface area contributed by atoms with Crippen LogP contribution in [0.2, 0.25) is 0 Å². The number of benzene rings is 3. The van der Waals surface area contributed by atoms with Crippen LogP contribution in [0.1, 0.15) is 35.3 Å². The lowest BCUT2D eigenvalue weighted by molar-refractivity contribution is 0.725. The van der Waals surface area contributed by atoms with Crippen LogP contribution in [-0.2, 0) is 0 Å².